The average Bonchev–Trinajstić information content (AvgIpc) is 2.90. The molecule has 3 rings (SSSR count). The first-order valence-electron chi connectivity index (χ1n) is 6.98. The Morgan fingerprint density at radius 2 is 1.82 bits per heavy atom. The average molecular weight is 322 g/mol. The Hall–Kier alpha value is -2.28. The van der Waals surface area contributed by atoms with Crippen LogP contribution < -0.4 is 9.80 Å². The number of imidazole rings is 1. The van der Waals surface area contributed by atoms with E-state index in [1.54, 1.807) is 11.6 Å². The molecule has 2 aromatic rings. The molecule has 0 atom stereocenters. The molecule has 1 saturated heterocycles. The minimum Gasteiger partial charge on any atom is -0.367 e. The number of piperazine rings is 1. The summed E-state index contributed by atoms with van der Waals surface area (Å²) in [5.41, 5.74) is 1.00. The van der Waals surface area contributed by atoms with Crippen LogP contribution in [0.3, 0.4) is 0 Å². The van der Waals surface area contributed by atoms with Crippen LogP contribution in [0, 0.1) is 10.1 Å². The quantitative estimate of drug-likeness (QED) is 0.641. The summed E-state index contributed by atoms with van der Waals surface area (Å²) in [5.74, 6) is 0.470. The van der Waals surface area contributed by atoms with E-state index in [0.717, 1.165) is 23.8 Å². The fourth-order valence-corrected chi connectivity index (χ4v) is 3.03. The number of nitrogens with zero attached hydrogens (tertiary/aromatic N) is 5. The van der Waals surface area contributed by atoms with Gasteiger partial charge in [-0.1, -0.05) is 23.7 Å². The van der Waals surface area contributed by atoms with E-state index in [0.29, 0.717) is 18.9 Å². The molecule has 0 radical (unpaired) electrons. The van der Waals surface area contributed by atoms with Crippen LogP contribution in [0.1, 0.15) is 0 Å². The van der Waals surface area contributed by atoms with Crippen LogP contribution >= 0.6 is 11.6 Å². The van der Waals surface area contributed by atoms with Crippen molar-refractivity contribution in [2.45, 2.75) is 0 Å². The van der Waals surface area contributed by atoms with Gasteiger partial charge in [-0.3, -0.25) is 4.57 Å². The number of aryl methyl sites for hydroxylation is 1. The molecule has 1 fully saturated rings. The summed E-state index contributed by atoms with van der Waals surface area (Å²) in [5, 5.41) is 11.8. The molecule has 1 aromatic heterocycles. The monoisotopic (exact) mass is 321 g/mol. The van der Waals surface area contributed by atoms with Crippen LogP contribution in [-0.2, 0) is 7.05 Å². The Morgan fingerprint density at radius 3 is 2.45 bits per heavy atom. The molecular weight excluding hydrogens is 306 g/mol. The van der Waals surface area contributed by atoms with Gasteiger partial charge in [-0.05, 0) is 22.0 Å². The molecule has 0 unspecified atom stereocenters. The highest BCUT2D eigenvalue weighted by Crippen LogP contribution is 2.30. The van der Waals surface area contributed by atoms with Crippen molar-refractivity contribution in [2.24, 2.45) is 7.05 Å². The van der Waals surface area contributed by atoms with Gasteiger partial charge in [0.15, 0.2) is 0 Å². The van der Waals surface area contributed by atoms with E-state index >= 15 is 0 Å². The molecule has 1 aromatic carbocycles. The van der Waals surface area contributed by atoms with Crippen molar-refractivity contribution in [3.05, 3.63) is 45.7 Å². The lowest BCUT2D eigenvalue weighted by Gasteiger charge is -2.36. The second kappa shape index (κ2) is 5.84. The molecule has 0 amide bonds. The molecule has 0 N–H and O–H groups in total. The van der Waals surface area contributed by atoms with Gasteiger partial charge in [-0.2, -0.15) is 0 Å². The predicted octanol–water partition coefficient (Wildman–Crippen LogP) is 2.31. The Kier molecular flexibility index (Phi) is 3.89. The molecule has 7 nitrogen and oxygen atoms in total. The molecule has 0 saturated carbocycles. The van der Waals surface area contributed by atoms with E-state index in [-0.39, 0.29) is 5.82 Å². The van der Waals surface area contributed by atoms with E-state index in [1.807, 2.05) is 29.2 Å². The van der Waals surface area contributed by atoms with Gasteiger partial charge in [-0.15, -0.1) is 0 Å². The fraction of sp³-hybridized carbons (Fsp3) is 0.357. The van der Waals surface area contributed by atoms with Crippen molar-refractivity contribution in [2.75, 3.05) is 36.0 Å². The lowest BCUT2D eigenvalue weighted by atomic mass is 10.2. The van der Waals surface area contributed by atoms with Crippen molar-refractivity contribution in [1.82, 2.24) is 9.55 Å². The van der Waals surface area contributed by atoms with E-state index in [4.69, 9.17) is 11.6 Å². The summed E-state index contributed by atoms with van der Waals surface area (Å²) in [6, 6.07) is 7.72. The predicted molar refractivity (Wildman–Crippen MR) is 85.7 cm³/mol. The summed E-state index contributed by atoms with van der Waals surface area (Å²) in [7, 11) is 1.77. The van der Waals surface area contributed by atoms with Crippen LogP contribution in [0.2, 0.25) is 5.02 Å². The van der Waals surface area contributed by atoms with Crippen LogP contribution in [0.4, 0.5) is 17.3 Å². The maximum Gasteiger partial charge on any atom is 0.406 e. The summed E-state index contributed by atoms with van der Waals surface area (Å²) in [4.78, 5) is 18.7. The lowest BCUT2D eigenvalue weighted by molar-refractivity contribution is -0.388. The Bertz CT molecular complexity index is 694. The minimum absolute atomic E-state index is 0.0892. The molecule has 8 heteroatoms. The van der Waals surface area contributed by atoms with Gasteiger partial charge in [0.1, 0.15) is 0 Å². The molecule has 2 heterocycles. The number of halogens is 1. The van der Waals surface area contributed by atoms with Crippen LogP contribution in [-0.4, -0.2) is 40.7 Å². The van der Waals surface area contributed by atoms with Crippen molar-refractivity contribution >= 4 is 28.9 Å². The number of anilines is 2. The zero-order valence-electron chi connectivity index (χ0n) is 12.1. The van der Waals surface area contributed by atoms with Crippen molar-refractivity contribution in [3.8, 4) is 0 Å². The third-order valence-corrected chi connectivity index (χ3v) is 4.15. The van der Waals surface area contributed by atoms with E-state index in [9.17, 15) is 10.1 Å². The van der Waals surface area contributed by atoms with E-state index < -0.39 is 4.92 Å². The first-order chi connectivity index (χ1) is 10.6. The number of rotatable bonds is 3. The Morgan fingerprint density at radius 1 is 1.18 bits per heavy atom. The number of benzene rings is 1. The Labute approximate surface area is 132 Å². The lowest BCUT2D eigenvalue weighted by Crippen LogP contribution is -2.47. The van der Waals surface area contributed by atoms with Gasteiger partial charge in [0, 0.05) is 33.2 Å². The van der Waals surface area contributed by atoms with Crippen molar-refractivity contribution in [1.29, 1.82) is 0 Å². The molecule has 1 aliphatic rings. The minimum atomic E-state index is -0.435. The Balaban J connectivity index is 1.77. The highest BCUT2D eigenvalue weighted by molar-refractivity contribution is 6.33. The van der Waals surface area contributed by atoms with Gasteiger partial charge in [0.25, 0.3) is 0 Å². The molecular formula is C14H16ClN5O2. The van der Waals surface area contributed by atoms with Gasteiger partial charge in [0.2, 0.25) is 12.1 Å². The first kappa shape index (κ1) is 14.6. The van der Waals surface area contributed by atoms with Crippen molar-refractivity contribution in [3.63, 3.8) is 0 Å². The smallest absolute Gasteiger partial charge is 0.367 e. The number of hydrogen-bond acceptors (Lipinski definition) is 5. The molecule has 1 aliphatic heterocycles. The molecule has 22 heavy (non-hydrogen) atoms. The zero-order chi connectivity index (χ0) is 15.7. The topological polar surface area (TPSA) is 67.4 Å². The fourth-order valence-electron chi connectivity index (χ4n) is 2.77. The maximum absolute atomic E-state index is 11.1. The number of aromatic nitrogens is 2. The maximum atomic E-state index is 11.1. The van der Waals surface area contributed by atoms with Crippen molar-refractivity contribution < 1.29 is 4.92 Å². The van der Waals surface area contributed by atoms with Gasteiger partial charge in [-0.25, -0.2) is 0 Å². The number of hydrogen-bond donors (Lipinski definition) is 0. The third kappa shape index (κ3) is 2.59. The van der Waals surface area contributed by atoms with Gasteiger partial charge in [0.05, 0.1) is 10.7 Å². The number of para-hydroxylation sites is 1. The molecule has 116 valence electrons. The van der Waals surface area contributed by atoms with Crippen LogP contribution in [0.5, 0.6) is 0 Å². The third-order valence-electron chi connectivity index (χ3n) is 3.83. The highest BCUT2D eigenvalue weighted by Gasteiger charge is 2.28. The van der Waals surface area contributed by atoms with Gasteiger partial charge >= 0.3 is 5.82 Å². The summed E-state index contributed by atoms with van der Waals surface area (Å²) < 4.78 is 1.70. The molecule has 0 bridgehead atoms. The second-order valence-electron chi connectivity index (χ2n) is 5.19. The molecule has 0 aliphatic carbocycles. The summed E-state index contributed by atoms with van der Waals surface area (Å²) >= 11 is 6.23. The van der Waals surface area contributed by atoms with E-state index in [1.165, 1.54) is 6.33 Å². The van der Waals surface area contributed by atoms with E-state index in [2.05, 4.69) is 9.88 Å². The standard InChI is InChI=1S/C14H16ClN5O2/c1-17-10-16-13(20(21)22)14(17)19-8-6-18(7-9-19)12-5-3-2-4-11(12)15/h2-5,10H,6-9H2,1H3. The SMILES string of the molecule is Cn1cnc([N+](=O)[O-])c1N1CCN(c2ccccc2Cl)CC1. The highest BCUT2D eigenvalue weighted by atomic mass is 35.5. The first-order valence-corrected chi connectivity index (χ1v) is 7.36. The summed E-state index contributed by atoms with van der Waals surface area (Å²) in [6.45, 7) is 2.88. The van der Waals surface area contributed by atoms with Gasteiger partial charge < -0.3 is 19.9 Å². The zero-order valence-corrected chi connectivity index (χ0v) is 12.9. The van der Waals surface area contributed by atoms with Crippen LogP contribution in [0.15, 0.2) is 30.6 Å². The summed E-state index contributed by atoms with van der Waals surface area (Å²) in [6.07, 6.45) is 1.48. The molecule has 0 spiro atoms. The number of nitro groups is 1. The normalized spacial score (nSPS) is 15.2. The second-order valence-corrected chi connectivity index (χ2v) is 5.59. The van der Waals surface area contributed by atoms with Crippen LogP contribution in [0.25, 0.3) is 0 Å². The largest absolute Gasteiger partial charge is 0.406 e.